The molecular formula is C23H43N. The lowest BCUT2D eigenvalue weighted by Gasteiger charge is -2.44. The first-order chi connectivity index (χ1) is 11.3. The van der Waals surface area contributed by atoms with Gasteiger partial charge in [0.1, 0.15) is 0 Å². The molecule has 1 saturated carbocycles. The molecule has 0 radical (unpaired) electrons. The van der Waals surface area contributed by atoms with Gasteiger partial charge in [-0.25, -0.2) is 0 Å². The van der Waals surface area contributed by atoms with Crippen LogP contribution in [0.25, 0.3) is 0 Å². The number of nitrogens with two attached hydrogens (primary N) is 1. The molecule has 0 aromatic heterocycles. The first-order valence-corrected chi connectivity index (χ1v) is 10.3. The highest BCUT2D eigenvalue weighted by atomic mass is 14.7. The van der Waals surface area contributed by atoms with Crippen molar-refractivity contribution in [1.29, 1.82) is 0 Å². The normalized spacial score (nSPS) is 31.7. The van der Waals surface area contributed by atoms with Gasteiger partial charge in [-0.1, -0.05) is 77.7 Å². The number of rotatable bonds is 10. The molecule has 0 saturated heterocycles. The van der Waals surface area contributed by atoms with E-state index >= 15 is 0 Å². The molecule has 6 atom stereocenters. The molecule has 24 heavy (non-hydrogen) atoms. The van der Waals surface area contributed by atoms with Crippen LogP contribution in [-0.2, 0) is 0 Å². The van der Waals surface area contributed by atoms with Crippen LogP contribution in [0.2, 0.25) is 0 Å². The smallest absolute Gasteiger partial charge is 0.00990 e. The van der Waals surface area contributed by atoms with E-state index in [1.165, 1.54) is 56.1 Å². The monoisotopic (exact) mass is 333 g/mol. The Kier molecular flexibility index (Phi) is 9.34. The molecule has 0 aliphatic heterocycles. The van der Waals surface area contributed by atoms with E-state index in [4.69, 9.17) is 5.73 Å². The first-order valence-electron chi connectivity index (χ1n) is 10.3. The largest absolute Gasteiger partial charge is 0.327 e. The summed E-state index contributed by atoms with van der Waals surface area (Å²) in [7, 11) is 0. The van der Waals surface area contributed by atoms with E-state index in [0.717, 1.165) is 12.3 Å². The predicted molar refractivity (Wildman–Crippen MR) is 109 cm³/mol. The zero-order valence-electron chi connectivity index (χ0n) is 17.1. The van der Waals surface area contributed by atoms with E-state index < -0.39 is 0 Å². The van der Waals surface area contributed by atoms with Gasteiger partial charge in [-0.05, 0) is 62.2 Å². The molecule has 0 aromatic carbocycles. The minimum atomic E-state index is 0.317. The molecule has 1 aliphatic carbocycles. The van der Waals surface area contributed by atoms with Crippen LogP contribution in [0.1, 0.15) is 86.0 Å². The minimum absolute atomic E-state index is 0.317. The maximum atomic E-state index is 6.58. The van der Waals surface area contributed by atoms with Gasteiger partial charge in [0.2, 0.25) is 0 Å². The molecule has 1 aliphatic rings. The molecular weight excluding hydrogens is 290 g/mol. The predicted octanol–water partition coefficient (Wildman–Crippen LogP) is 6.74. The third kappa shape index (κ3) is 6.39. The lowest BCUT2D eigenvalue weighted by Crippen LogP contribution is -2.47. The zero-order chi connectivity index (χ0) is 18.3. The lowest BCUT2D eigenvalue weighted by atomic mass is 9.63. The summed E-state index contributed by atoms with van der Waals surface area (Å²) in [5.41, 5.74) is 9.33. The van der Waals surface area contributed by atoms with Gasteiger partial charge in [0, 0.05) is 6.04 Å². The van der Waals surface area contributed by atoms with Crippen LogP contribution in [0.5, 0.6) is 0 Å². The first kappa shape index (κ1) is 21.5. The third-order valence-corrected chi connectivity index (χ3v) is 6.61. The van der Waals surface area contributed by atoms with Crippen LogP contribution < -0.4 is 5.73 Å². The van der Waals surface area contributed by atoms with Crippen molar-refractivity contribution in [3.8, 4) is 0 Å². The van der Waals surface area contributed by atoms with Crippen LogP contribution in [-0.4, -0.2) is 6.04 Å². The van der Waals surface area contributed by atoms with Crippen LogP contribution in [0.3, 0.4) is 0 Å². The Morgan fingerprint density at radius 3 is 2.38 bits per heavy atom. The Balaban J connectivity index is 2.40. The second-order valence-corrected chi connectivity index (χ2v) is 8.84. The van der Waals surface area contributed by atoms with Crippen LogP contribution in [0, 0.1) is 29.6 Å². The van der Waals surface area contributed by atoms with E-state index in [9.17, 15) is 0 Å². The van der Waals surface area contributed by atoms with Crippen molar-refractivity contribution >= 4 is 0 Å². The highest BCUT2D eigenvalue weighted by Gasteiger charge is 2.38. The maximum Gasteiger partial charge on any atom is 0.00990 e. The standard InChI is InChI=1S/C23H43N/c1-8-11-17(4)12-9-10-13-18(5)14-21-15-22(16(2)3)19(6)20(7)23(21)24/h17,19-23H,2,5,8-15,24H2,1,3-4,6-7H3. The summed E-state index contributed by atoms with van der Waals surface area (Å²) >= 11 is 0. The summed E-state index contributed by atoms with van der Waals surface area (Å²) in [6, 6.07) is 0.317. The molecule has 0 bridgehead atoms. The molecule has 6 unspecified atom stereocenters. The van der Waals surface area contributed by atoms with Crippen molar-refractivity contribution in [2.45, 2.75) is 92.0 Å². The van der Waals surface area contributed by atoms with Gasteiger partial charge in [0.15, 0.2) is 0 Å². The Bertz CT molecular complexity index is 397. The van der Waals surface area contributed by atoms with Gasteiger partial charge < -0.3 is 5.73 Å². The molecule has 1 fully saturated rings. The van der Waals surface area contributed by atoms with Crippen LogP contribution in [0.15, 0.2) is 24.3 Å². The number of unbranched alkanes of at least 4 members (excludes halogenated alkanes) is 1. The molecule has 1 rings (SSSR count). The summed E-state index contributed by atoms with van der Waals surface area (Å²) in [5, 5.41) is 0. The fourth-order valence-electron chi connectivity index (χ4n) is 4.69. The molecule has 0 spiro atoms. The number of allylic oxidation sites excluding steroid dienone is 2. The van der Waals surface area contributed by atoms with Gasteiger partial charge in [-0.3, -0.25) is 0 Å². The average Bonchev–Trinajstić information content (AvgIpc) is 2.52. The summed E-state index contributed by atoms with van der Waals surface area (Å²) in [4.78, 5) is 0. The molecule has 0 heterocycles. The molecule has 1 heteroatoms. The van der Waals surface area contributed by atoms with E-state index in [1.54, 1.807) is 0 Å². The van der Waals surface area contributed by atoms with Crippen molar-refractivity contribution in [3.05, 3.63) is 24.3 Å². The summed E-state index contributed by atoms with van der Waals surface area (Å²) < 4.78 is 0. The molecule has 1 nitrogen and oxygen atoms in total. The van der Waals surface area contributed by atoms with E-state index in [-0.39, 0.29) is 0 Å². The summed E-state index contributed by atoms with van der Waals surface area (Å²) in [6.07, 6.45) is 10.2. The number of hydrogen-bond acceptors (Lipinski definition) is 1. The van der Waals surface area contributed by atoms with Gasteiger partial charge in [0.05, 0.1) is 0 Å². The minimum Gasteiger partial charge on any atom is -0.327 e. The number of hydrogen-bond donors (Lipinski definition) is 1. The molecule has 0 amide bonds. The van der Waals surface area contributed by atoms with Crippen molar-refractivity contribution in [1.82, 2.24) is 0 Å². The topological polar surface area (TPSA) is 26.0 Å². The summed E-state index contributed by atoms with van der Waals surface area (Å²) in [5.74, 6) is 3.33. The Morgan fingerprint density at radius 1 is 1.12 bits per heavy atom. The average molecular weight is 334 g/mol. The van der Waals surface area contributed by atoms with E-state index in [0.29, 0.717) is 29.7 Å². The van der Waals surface area contributed by atoms with Crippen molar-refractivity contribution < 1.29 is 0 Å². The van der Waals surface area contributed by atoms with Crippen LogP contribution >= 0.6 is 0 Å². The fourth-order valence-corrected chi connectivity index (χ4v) is 4.69. The van der Waals surface area contributed by atoms with Crippen molar-refractivity contribution in [2.75, 3.05) is 0 Å². The van der Waals surface area contributed by atoms with Gasteiger partial charge in [0.25, 0.3) is 0 Å². The highest BCUT2D eigenvalue weighted by molar-refractivity contribution is 5.08. The Labute approximate surface area is 152 Å². The quantitative estimate of drug-likeness (QED) is 0.347. The van der Waals surface area contributed by atoms with E-state index in [1.807, 2.05) is 0 Å². The second kappa shape index (κ2) is 10.4. The molecule has 0 aromatic rings. The molecule has 2 N–H and O–H groups in total. The van der Waals surface area contributed by atoms with Gasteiger partial charge >= 0.3 is 0 Å². The van der Waals surface area contributed by atoms with Gasteiger partial charge in [-0.15, -0.1) is 0 Å². The summed E-state index contributed by atoms with van der Waals surface area (Å²) in [6.45, 7) is 20.1. The fraction of sp³-hybridized carbons (Fsp3) is 0.826. The highest BCUT2D eigenvalue weighted by Crippen LogP contribution is 2.42. The van der Waals surface area contributed by atoms with Crippen molar-refractivity contribution in [3.63, 3.8) is 0 Å². The Morgan fingerprint density at radius 2 is 1.79 bits per heavy atom. The van der Waals surface area contributed by atoms with Crippen molar-refractivity contribution in [2.24, 2.45) is 35.3 Å². The van der Waals surface area contributed by atoms with E-state index in [2.05, 4.69) is 47.8 Å². The molecule has 140 valence electrons. The Hall–Kier alpha value is -0.560. The zero-order valence-corrected chi connectivity index (χ0v) is 17.1. The lowest BCUT2D eigenvalue weighted by molar-refractivity contribution is 0.122. The van der Waals surface area contributed by atoms with Crippen LogP contribution in [0.4, 0.5) is 0 Å². The SMILES string of the molecule is C=C(CCCCC(C)CCC)CC1CC(C(=C)C)C(C)C(C)C1N. The van der Waals surface area contributed by atoms with Gasteiger partial charge in [-0.2, -0.15) is 0 Å². The second-order valence-electron chi connectivity index (χ2n) is 8.84. The third-order valence-electron chi connectivity index (χ3n) is 6.61. The maximum absolute atomic E-state index is 6.58.